The highest BCUT2D eigenvalue weighted by molar-refractivity contribution is 5.30. The number of rotatable bonds is 5. The molecule has 19 heavy (non-hydrogen) atoms. The van der Waals surface area contributed by atoms with Crippen molar-refractivity contribution in [3.8, 4) is 5.75 Å². The minimum atomic E-state index is 0.264. The van der Waals surface area contributed by atoms with E-state index in [2.05, 4.69) is 4.98 Å². The predicted octanol–water partition coefficient (Wildman–Crippen LogP) is 2.76. The van der Waals surface area contributed by atoms with E-state index in [1.165, 1.54) is 5.56 Å². The Morgan fingerprint density at radius 1 is 1.21 bits per heavy atom. The zero-order valence-corrected chi connectivity index (χ0v) is 10.7. The van der Waals surface area contributed by atoms with Crippen LogP contribution in [0.25, 0.3) is 0 Å². The maximum absolute atomic E-state index is 9.11. The van der Waals surface area contributed by atoms with Gasteiger partial charge in [-0.15, -0.1) is 0 Å². The molecule has 0 spiro atoms. The van der Waals surface area contributed by atoms with Gasteiger partial charge in [-0.1, -0.05) is 30.3 Å². The summed E-state index contributed by atoms with van der Waals surface area (Å²) in [5, 5.41) is 9.11. The summed E-state index contributed by atoms with van der Waals surface area (Å²) in [6.07, 6.45) is 4.67. The first-order valence-electron chi connectivity index (χ1n) is 6.59. The molecular weight excluding hydrogens is 238 g/mol. The van der Waals surface area contributed by atoms with Crippen LogP contribution in [0, 0.1) is 5.92 Å². The third-order valence-electron chi connectivity index (χ3n) is 3.57. The zero-order chi connectivity index (χ0) is 13.1. The Hall–Kier alpha value is -1.87. The molecule has 0 amide bonds. The van der Waals surface area contributed by atoms with Crippen molar-refractivity contribution in [2.75, 3.05) is 6.61 Å². The fraction of sp³-hybridized carbons (Fsp3) is 0.312. The van der Waals surface area contributed by atoms with E-state index in [0.717, 1.165) is 17.7 Å². The van der Waals surface area contributed by atoms with Gasteiger partial charge >= 0.3 is 0 Å². The fourth-order valence-electron chi connectivity index (χ4n) is 2.32. The standard InChI is InChI=1S/C16H17NO2/c18-10-14-7-16(14)13-6-15(9-17-8-13)19-11-12-4-2-1-3-5-12/h1-6,8-9,14,16,18H,7,10-11H2/t14-,16-/m1/s1. The Morgan fingerprint density at radius 2 is 2.05 bits per heavy atom. The van der Waals surface area contributed by atoms with Crippen LogP contribution in [-0.2, 0) is 6.61 Å². The Labute approximate surface area is 112 Å². The zero-order valence-electron chi connectivity index (χ0n) is 10.7. The summed E-state index contributed by atoms with van der Waals surface area (Å²) in [6.45, 7) is 0.819. The van der Waals surface area contributed by atoms with Gasteiger partial charge in [0.1, 0.15) is 12.4 Å². The van der Waals surface area contributed by atoms with Gasteiger partial charge in [0.15, 0.2) is 0 Å². The van der Waals surface area contributed by atoms with E-state index in [0.29, 0.717) is 18.4 Å². The van der Waals surface area contributed by atoms with Crippen LogP contribution in [0.2, 0.25) is 0 Å². The van der Waals surface area contributed by atoms with E-state index in [1.807, 2.05) is 42.6 Å². The predicted molar refractivity (Wildman–Crippen MR) is 72.9 cm³/mol. The first-order chi connectivity index (χ1) is 9.36. The van der Waals surface area contributed by atoms with Crippen molar-refractivity contribution < 1.29 is 9.84 Å². The molecule has 3 nitrogen and oxygen atoms in total. The van der Waals surface area contributed by atoms with Crippen LogP contribution < -0.4 is 4.74 Å². The first kappa shape index (κ1) is 12.2. The molecule has 0 unspecified atom stereocenters. The molecule has 0 bridgehead atoms. The number of aliphatic hydroxyl groups is 1. The Bertz CT molecular complexity index is 541. The van der Waals surface area contributed by atoms with Gasteiger partial charge in [-0.25, -0.2) is 0 Å². The summed E-state index contributed by atoms with van der Waals surface area (Å²) in [5.41, 5.74) is 2.32. The summed E-state index contributed by atoms with van der Waals surface area (Å²) in [4.78, 5) is 4.22. The van der Waals surface area contributed by atoms with Gasteiger partial charge in [0, 0.05) is 12.8 Å². The van der Waals surface area contributed by atoms with Gasteiger partial charge < -0.3 is 9.84 Å². The molecule has 2 atom stereocenters. The molecular formula is C16H17NO2. The van der Waals surface area contributed by atoms with Crippen LogP contribution in [0.3, 0.4) is 0 Å². The van der Waals surface area contributed by atoms with Crippen molar-refractivity contribution in [1.82, 2.24) is 4.98 Å². The largest absolute Gasteiger partial charge is 0.487 e. The van der Waals surface area contributed by atoms with Crippen LogP contribution in [-0.4, -0.2) is 16.7 Å². The van der Waals surface area contributed by atoms with E-state index in [9.17, 15) is 0 Å². The van der Waals surface area contributed by atoms with E-state index >= 15 is 0 Å². The molecule has 0 radical (unpaired) electrons. The SMILES string of the molecule is OC[C@H]1C[C@@H]1c1cncc(OCc2ccccc2)c1. The van der Waals surface area contributed by atoms with Gasteiger partial charge in [-0.05, 0) is 35.4 Å². The van der Waals surface area contributed by atoms with Gasteiger partial charge in [-0.3, -0.25) is 4.98 Å². The van der Waals surface area contributed by atoms with Gasteiger partial charge in [-0.2, -0.15) is 0 Å². The average molecular weight is 255 g/mol. The topological polar surface area (TPSA) is 42.4 Å². The average Bonchev–Trinajstić information content (AvgIpc) is 3.26. The highest BCUT2D eigenvalue weighted by Gasteiger charge is 2.37. The van der Waals surface area contributed by atoms with Crippen molar-refractivity contribution in [3.05, 3.63) is 59.9 Å². The number of benzene rings is 1. The third-order valence-corrected chi connectivity index (χ3v) is 3.57. The number of ether oxygens (including phenoxy) is 1. The molecule has 1 aliphatic rings. The quantitative estimate of drug-likeness (QED) is 0.893. The minimum absolute atomic E-state index is 0.264. The summed E-state index contributed by atoms with van der Waals surface area (Å²) in [6, 6.07) is 12.1. The molecule has 1 heterocycles. The van der Waals surface area contributed by atoms with E-state index < -0.39 is 0 Å². The number of hydrogen-bond donors (Lipinski definition) is 1. The van der Waals surface area contributed by atoms with E-state index in [-0.39, 0.29) is 6.61 Å². The second-order valence-corrected chi connectivity index (χ2v) is 5.01. The molecule has 1 aromatic heterocycles. The number of aliphatic hydroxyl groups excluding tert-OH is 1. The van der Waals surface area contributed by atoms with E-state index in [4.69, 9.17) is 9.84 Å². The molecule has 1 saturated carbocycles. The van der Waals surface area contributed by atoms with Crippen LogP contribution in [0.4, 0.5) is 0 Å². The Balaban J connectivity index is 1.64. The summed E-state index contributed by atoms with van der Waals surface area (Å²) in [5.74, 6) is 1.66. The number of aromatic nitrogens is 1. The number of hydrogen-bond acceptors (Lipinski definition) is 3. The molecule has 3 rings (SSSR count). The molecule has 98 valence electrons. The van der Waals surface area contributed by atoms with Crippen molar-refractivity contribution in [2.24, 2.45) is 5.92 Å². The molecule has 1 aromatic carbocycles. The number of pyridine rings is 1. The fourth-order valence-corrected chi connectivity index (χ4v) is 2.32. The highest BCUT2D eigenvalue weighted by atomic mass is 16.5. The van der Waals surface area contributed by atoms with Gasteiger partial charge in [0.2, 0.25) is 0 Å². The summed E-state index contributed by atoms with van der Waals surface area (Å²) in [7, 11) is 0. The summed E-state index contributed by atoms with van der Waals surface area (Å²) < 4.78 is 5.75. The monoisotopic (exact) mass is 255 g/mol. The second kappa shape index (κ2) is 5.41. The lowest BCUT2D eigenvalue weighted by Crippen LogP contribution is -1.97. The lowest BCUT2D eigenvalue weighted by molar-refractivity contribution is 0.273. The summed E-state index contributed by atoms with van der Waals surface area (Å²) >= 11 is 0. The van der Waals surface area contributed by atoms with E-state index in [1.54, 1.807) is 6.20 Å². The molecule has 1 N–H and O–H groups in total. The van der Waals surface area contributed by atoms with Crippen LogP contribution in [0.1, 0.15) is 23.5 Å². The number of nitrogens with zero attached hydrogens (tertiary/aromatic N) is 1. The molecule has 1 fully saturated rings. The normalized spacial score (nSPS) is 21.1. The molecule has 1 aliphatic carbocycles. The van der Waals surface area contributed by atoms with Crippen LogP contribution in [0.5, 0.6) is 5.75 Å². The lowest BCUT2D eigenvalue weighted by Gasteiger charge is -2.07. The maximum Gasteiger partial charge on any atom is 0.138 e. The van der Waals surface area contributed by atoms with Crippen molar-refractivity contribution in [3.63, 3.8) is 0 Å². The van der Waals surface area contributed by atoms with Crippen LogP contribution in [0.15, 0.2) is 48.8 Å². The third kappa shape index (κ3) is 2.93. The molecule has 3 heteroatoms. The van der Waals surface area contributed by atoms with Crippen molar-refractivity contribution in [2.45, 2.75) is 18.9 Å². The Kier molecular flexibility index (Phi) is 3.47. The smallest absolute Gasteiger partial charge is 0.138 e. The Morgan fingerprint density at radius 3 is 2.79 bits per heavy atom. The minimum Gasteiger partial charge on any atom is -0.487 e. The molecule has 2 aromatic rings. The van der Waals surface area contributed by atoms with Crippen LogP contribution >= 0.6 is 0 Å². The van der Waals surface area contributed by atoms with Gasteiger partial charge in [0.05, 0.1) is 6.20 Å². The first-order valence-corrected chi connectivity index (χ1v) is 6.59. The molecule has 0 saturated heterocycles. The lowest BCUT2D eigenvalue weighted by atomic mass is 10.1. The molecule has 0 aliphatic heterocycles. The maximum atomic E-state index is 9.11. The van der Waals surface area contributed by atoms with Crippen molar-refractivity contribution in [1.29, 1.82) is 0 Å². The second-order valence-electron chi connectivity index (χ2n) is 5.01. The van der Waals surface area contributed by atoms with Crippen molar-refractivity contribution >= 4 is 0 Å². The van der Waals surface area contributed by atoms with Gasteiger partial charge in [0.25, 0.3) is 0 Å². The highest BCUT2D eigenvalue weighted by Crippen LogP contribution is 2.47.